The van der Waals surface area contributed by atoms with E-state index in [1.165, 1.54) is 0 Å². The molecule has 0 aromatic rings. The van der Waals surface area contributed by atoms with Crippen LogP contribution in [0.2, 0.25) is 0 Å². The van der Waals surface area contributed by atoms with Gasteiger partial charge in [-0.3, -0.25) is 9.79 Å². The molecule has 86 valence electrons. The zero-order valence-corrected chi connectivity index (χ0v) is 10.4. The summed E-state index contributed by atoms with van der Waals surface area (Å²) in [6, 6.07) is 0. The summed E-state index contributed by atoms with van der Waals surface area (Å²) in [5.41, 5.74) is 0. The first-order valence-electron chi connectivity index (χ1n) is 5.28. The molecule has 1 heterocycles. The fraction of sp³-hybridized carbons (Fsp3) is 0.800. The Morgan fingerprint density at radius 1 is 1.67 bits per heavy atom. The quantitative estimate of drug-likeness (QED) is 0.780. The van der Waals surface area contributed by atoms with E-state index in [-0.39, 0.29) is 5.91 Å². The van der Waals surface area contributed by atoms with E-state index in [1.54, 1.807) is 30.8 Å². The van der Waals surface area contributed by atoms with Gasteiger partial charge in [0.15, 0.2) is 5.17 Å². The van der Waals surface area contributed by atoms with Crippen molar-refractivity contribution in [3.05, 3.63) is 0 Å². The number of aliphatic imine (C=N–C) groups is 1. The highest BCUT2D eigenvalue weighted by atomic mass is 32.2. The monoisotopic (exact) mass is 229 g/mol. The van der Waals surface area contributed by atoms with E-state index in [1.807, 2.05) is 0 Å². The first kappa shape index (κ1) is 12.4. The van der Waals surface area contributed by atoms with Gasteiger partial charge in [-0.1, -0.05) is 18.7 Å². The molecule has 0 aromatic carbocycles. The average molecular weight is 229 g/mol. The van der Waals surface area contributed by atoms with Gasteiger partial charge in [0.25, 0.3) is 0 Å². The van der Waals surface area contributed by atoms with Crippen LogP contribution in [0.15, 0.2) is 4.99 Å². The van der Waals surface area contributed by atoms with Gasteiger partial charge < -0.3 is 10.2 Å². The zero-order valence-electron chi connectivity index (χ0n) is 9.62. The van der Waals surface area contributed by atoms with Gasteiger partial charge in [-0.05, 0) is 6.42 Å². The lowest BCUT2D eigenvalue weighted by Crippen LogP contribution is -2.28. The van der Waals surface area contributed by atoms with Crippen molar-refractivity contribution in [3.63, 3.8) is 0 Å². The van der Waals surface area contributed by atoms with E-state index < -0.39 is 0 Å². The molecule has 0 bridgehead atoms. The summed E-state index contributed by atoms with van der Waals surface area (Å²) >= 11 is 1.78. The number of nitrogens with one attached hydrogen (secondary N) is 1. The van der Waals surface area contributed by atoms with Gasteiger partial charge >= 0.3 is 0 Å². The molecule has 1 rings (SSSR count). The highest BCUT2D eigenvalue weighted by Gasteiger charge is 2.17. The molecule has 0 saturated carbocycles. The van der Waals surface area contributed by atoms with Crippen LogP contribution in [0.25, 0.3) is 0 Å². The molecule has 0 spiro atoms. The molecule has 1 aliphatic rings. The molecule has 15 heavy (non-hydrogen) atoms. The molecule has 0 aliphatic carbocycles. The predicted molar refractivity (Wildman–Crippen MR) is 65.3 cm³/mol. The highest BCUT2D eigenvalue weighted by Crippen LogP contribution is 2.21. The lowest BCUT2D eigenvalue weighted by Gasteiger charge is -2.11. The summed E-state index contributed by atoms with van der Waals surface area (Å²) in [5.74, 6) is 0.151. The third-order valence-electron chi connectivity index (χ3n) is 2.29. The largest absolute Gasteiger partial charge is 0.364 e. The summed E-state index contributed by atoms with van der Waals surface area (Å²) in [5, 5.41) is 4.81. The topological polar surface area (TPSA) is 44.7 Å². The number of amidine groups is 1. The van der Waals surface area contributed by atoms with Crippen molar-refractivity contribution in [2.75, 3.05) is 27.2 Å². The summed E-state index contributed by atoms with van der Waals surface area (Å²) in [6.45, 7) is 3.76. The molecular formula is C10H19N3OS. The second-order valence-corrected chi connectivity index (χ2v) is 5.05. The summed E-state index contributed by atoms with van der Waals surface area (Å²) in [4.78, 5) is 17.3. The molecule has 1 N–H and O–H groups in total. The molecule has 1 aliphatic heterocycles. The van der Waals surface area contributed by atoms with Gasteiger partial charge in [0, 0.05) is 32.3 Å². The van der Waals surface area contributed by atoms with E-state index in [0.29, 0.717) is 18.2 Å². The Morgan fingerprint density at radius 2 is 2.40 bits per heavy atom. The fourth-order valence-corrected chi connectivity index (χ4v) is 2.19. The predicted octanol–water partition coefficient (Wildman–Crippen LogP) is 0.936. The minimum atomic E-state index is 0.151. The third-order valence-corrected chi connectivity index (χ3v) is 3.60. The van der Waals surface area contributed by atoms with Gasteiger partial charge in [0.2, 0.25) is 5.91 Å². The molecule has 1 amide bonds. The van der Waals surface area contributed by atoms with Gasteiger partial charge in [-0.15, -0.1) is 0 Å². The summed E-state index contributed by atoms with van der Waals surface area (Å²) < 4.78 is 0. The normalized spacial score (nSPS) is 19.9. The molecule has 0 fully saturated rings. The number of carbonyl (C=O) groups is 1. The Bertz CT molecular complexity index is 253. The first-order valence-corrected chi connectivity index (χ1v) is 6.16. The van der Waals surface area contributed by atoms with Crippen molar-refractivity contribution in [1.29, 1.82) is 0 Å². The minimum Gasteiger partial charge on any atom is -0.364 e. The number of rotatable bonds is 4. The molecule has 0 radical (unpaired) electrons. The van der Waals surface area contributed by atoms with Crippen LogP contribution in [0.4, 0.5) is 0 Å². The molecule has 4 nitrogen and oxygen atoms in total. The maximum atomic E-state index is 11.3. The Labute approximate surface area is 95.5 Å². The molecule has 0 aromatic heterocycles. The number of hydrogen-bond acceptors (Lipinski definition) is 4. The minimum absolute atomic E-state index is 0.151. The standard InChI is InChI=1S/C10H19N3OS/c1-4-8-7-12-10(15-8)11-6-5-9(14)13(2)3/h8H,4-7H2,1-3H3,(H,11,12). The van der Waals surface area contributed by atoms with Gasteiger partial charge in [0.1, 0.15) is 0 Å². The lowest BCUT2D eigenvalue weighted by atomic mass is 10.3. The fourth-order valence-electron chi connectivity index (χ4n) is 1.23. The number of thioether (sulfide) groups is 1. The van der Waals surface area contributed by atoms with Crippen LogP contribution >= 0.6 is 11.8 Å². The Hall–Kier alpha value is -0.710. The van der Waals surface area contributed by atoms with E-state index in [2.05, 4.69) is 17.2 Å². The maximum Gasteiger partial charge on any atom is 0.223 e. The molecule has 5 heteroatoms. The molecule has 0 saturated heterocycles. The van der Waals surface area contributed by atoms with Crippen LogP contribution in [0.1, 0.15) is 19.8 Å². The smallest absolute Gasteiger partial charge is 0.223 e. The molecular weight excluding hydrogens is 210 g/mol. The van der Waals surface area contributed by atoms with Gasteiger partial charge in [0.05, 0.1) is 6.54 Å². The van der Waals surface area contributed by atoms with Crippen molar-refractivity contribution in [2.45, 2.75) is 25.0 Å². The van der Waals surface area contributed by atoms with Gasteiger partial charge in [-0.25, -0.2) is 0 Å². The van der Waals surface area contributed by atoms with Gasteiger partial charge in [-0.2, -0.15) is 0 Å². The second-order valence-electron chi connectivity index (χ2n) is 3.76. The van der Waals surface area contributed by atoms with Crippen molar-refractivity contribution in [3.8, 4) is 0 Å². The summed E-state index contributed by atoms with van der Waals surface area (Å²) in [6.07, 6.45) is 1.68. The van der Waals surface area contributed by atoms with Crippen LogP contribution in [0.3, 0.4) is 0 Å². The SMILES string of the molecule is CCC1CN=C(NCCC(=O)N(C)C)S1. The van der Waals surface area contributed by atoms with Crippen LogP contribution < -0.4 is 5.32 Å². The van der Waals surface area contributed by atoms with Crippen molar-refractivity contribution in [1.82, 2.24) is 10.2 Å². The van der Waals surface area contributed by atoms with Crippen LogP contribution in [-0.2, 0) is 4.79 Å². The molecule has 1 unspecified atom stereocenters. The van der Waals surface area contributed by atoms with E-state index in [4.69, 9.17) is 0 Å². The van der Waals surface area contributed by atoms with Crippen LogP contribution in [-0.4, -0.2) is 48.4 Å². The Balaban J connectivity index is 2.14. The lowest BCUT2D eigenvalue weighted by molar-refractivity contribution is -0.128. The molecule has 1 atom stereocenters. The highest BCUT2D eigenvalue weighted by molar-refractivity contribution is 8.14. The summed E-state index contributed by atoms with van der Waals surface area (Å²) in [7, 11) is 3.55. The number of hydrogen-bond donors (Lipinski definition) is 1. The van der Waals surface area contributed by atoms with Crippen LogP contribution in [0, 0.1) is 0 Å². The number of carbonyl (C=O) groups excluding carboxylic acids is 1. The second kappa shape index (κ2) is 6.00. The third kappa shape index (κ3) is 4.11. The van der Waals surface area contributed by atoms with Crippen molar-refractivity contribution < 1.29 is 4.79 Å². The van der Waals surface area contributed by atoms with Crippen LogP contribution in [0.5, 0.6) is 0 Å². The Morgan fingerprint density at radius 3 is 2.93 bits per heavy atom. The Kier molecular flexibility index (Phi) is 4.94. The van der Waals surface area contributed by atoms with E-state index >= 15 is 0 Å². The number of nitrogens with zero attached hydrogens (tertiary/aromatic N) is 2. The average Bonchev–Trinajstić information content (AvgIpc) is 2.65. The van der Waals surface area contributed by atoms with Crippen molar-refractivity contribution >= 4 is 22.8 Å². The maximum absolute atomic E-state index is 11.3. The van der Waals surface area contributed by atoms with E-state index in [9.17, 15) is 4.79 Å². The van der Waals surface area contributed by atoms with Crippen molar-refractivity contribution in [2.24, 2.45) is 4.99 Å². The zero-order chi connectivity index (χ0) is 11.3. The number of amides is 1. The van der Waals surface area contributed by atoms with E-state index in [0.717, 1.165) is 18.1 Å². The first-order chi connectivity index (χ1) is 7.13.